The van der Waals surface area contributed by atoms with E-state index in [1.54, 1.807) is 11.1 Å². The van der Waals surface area contributed by atoms with Gasteiger partial charge in [0, 0.05) is 32.7 Å². The molecule has 21 heavy (non-hydrogen) atoms. The predicted octanol–water partition coefficient (Wildman–Crippen LogP) is 0.488. The second-order valence-corrected chi connectivity index (χ2v) is 6.71. The summed E-state index contributed by atoms with van der Waals surface area (Å²) in [7, 11) is 0. The van der Waals surface area contributed by atoms with Crippen LogP contribution in [-0.2, 0) is 4.79 Å². The number of aromatic nitrogens is 1. The number of amides is 2. The molecule has 2 saturated heterocycles. The van der Waals surface area contributed by atoms with Crippen molar-refractivity contribution < 1.29 is 9.59 Å². The van der Waals surface area contributed by atoms with Crippen LogP contribution in [-0.4, -0.2) is 65.4 Å². The lowest BCUT2D eigenvalue weighted by molar-refractivity contribution is -0.135. The molecule has 3 heterocycles. The number of hydrogen-bond acceptors (Lipinski definition) is 5. The molecule has 0 bridgehead atoms. The zero-order valence-electron chi connectivity index (χ0n) is 12.2. The molecule has 1 atom stereocenters. The second-order valence-electron chi connectivity index (χ2n) is 5.48. The summed E-state index contributed by atoms with van der Waals surface area (Å²) in [6.07, 6.45) is 3.28. The van der Waals surface area contributed by atoms with E-state index in [1.807, 2.05) is 11.8 Å². The summed E-state index contributed by atoms with van der Waals surface area (Å²) in [4.78, 5) is 33.6. The van der Waals surface area contributed by atoms with Gasteiger partial charge >= 0.3 is 0 Å². The largest absolute Gasteiger partial charge is 0.338 e. The first-order valence-electron chi connectivity index (χ1n) is 7.40. The van der Waals surface area contributed by atoms with Gasteiger partial charge in [0.15, 0.2) is 0 Å². The number of carbonyl (C=O) groups is 2. The Labute approximate surface area is 128 Å². The van der Waals surface area contributed by atoms with Crippen molar-refractivity contribution in [3.05, 3.63) is 16.1 Å². The fourth-order valence-corrected chi connectivity index (χ4v) is 3.70. The second kappa shape index (κ2) is 6.11. The summed E-state index contributed by atoms with van der Waals surface area (Å²) in [5.74, 6) is 0.0511. The number of carbonyl (C=O) groups excluding carboxylic acids is 2. The van der Waals surface area contributed by atoms with Crippen LogP contribution in [0.4, 0.5) is 0 Å². The lowest BCUT2D eigenvalue weighted by Gasteiger charge is -2.32. The van der Waals surface area contributed by atoms with E-state index in [0.29, 0.717) is 11.4 Å². The van der Waals surface area contributed by atoms with E-state index in [4.69, 9.17) is 0 Å². The SMILES string of the molecule is Cc1ncc(C(=O)N2CCCC2C(=O)N2CCNCC2)s1. The molecule has 1 unspecified atom stereocenters. The van der Waals surface area contributed by atoms with E-state index >= 15 is 0 Å². The van der Waals surface area contributed by atoms with Gasteiger partial charge in [-0.1, -0.05) is 0 Å². The third-order valence-electron chi connectivity index (χ3n) is 4.06. The number of rotatable bonds is 2. The zero-order chi connectivity index (χ0) is 14.8. The van der Waals surface area contributed by atoms with Gasteiger partial charge in [0.2, 0.25) is 5.91 Å². The molecule has 3 rings (SSSR count). The van der Waals surface area contributed by atoms with Crippen LogP contribution in [0, 0.1) is 6.92 Å². The Bertz CT molecular complexity index is 539. The predicted molar refractivity (Wildman–Crippen MR) is 80.4 cm³/mol. The molecule has 0 radical (unpaired) electrons. The Kier molecular flexibility index (Phi) is 4.21. The lowest BCUT2D eigenvalue weighted by atomic mass is 10.1. The molecule has 7 heteroatoms. The topological polar surface area (TPSA) is 65.5 Å². The minimum Gasteiger partial charge on any atom is -0.338 e. The number of thiazole rings is 1. The van der Waals surface area contributed by atoms with Gasteiger partial charge in [-0.25, -0.2) is 4.98 Å². The number of nitrogens with zero attached hydrogens (tertiary/aromatic N) is 3. The van der Waals surface area contributed by atoms with E-state index in [9.17, 15) is 9.59 Å². The molecule has 2 aliphatic rings. The minimum absolute atomic E-state index is 0.0495. The molecule has 2 fully saturated rings. The van der Waals surface area contributed by atoms with Crippen molar-refractivity contribution in [3.8, 4) is 0 Å². The summed E-state index contributed by atoms with van der Waals surface area (Å²) < 4.78 is 0. The minimum atomic E-state index is -0.294. The highest BCUT2D eigenvalue weighted by Crippen LogP contribution is 2.24. The van der Waals surface area contributed by atoms with Gasteiger partial charge in [0.25, 0.3) is 5.91 Å². The third kappa shape index (κ3) is 2.94. The van der Waals surface area contributed by atoms with Gasteiger partial charge in [-0.2, -0.15) is 0 Å². The number of aryl methyl sites for hydroxylation is 1. The molecular formula is C14H20N4O2S. The molecule has 2 aliphatic heterocycles. The Morgan fingerprint density at radius 2 is 2.10 bits per heavy atom. The summed E-state index contributed by atoms with van der Waals surface area (Å²) in [6.45, 7) is 5.68. The molecule has 0 aromatic carbocycles. The van der Waals surface area contributed by atoms with Crippen LogP contribution < -0.4 is 5.32 Å². The van der Waals surface area contributed by atoms with Crippen LogP contribution in [0.3, 0.4) is 0 Å². The van der Waals surface area contributed by atoms with Gasteiger partial charge in [-0.3, -0.25) is 9.59 Å². The van der Waals surface area contributed by atoms with E-state index in [2.05, 4.69) is 10.3 Å². The first kappa shape index (κ1) is 14.5. The Morgan fingerprint density at radius 3 is 2.76 bits per heavy atom. The van der Waals surface area contributed by atoms with Gasteiger partial charge in [-0.15, -0.1) is 11.3 Å². The van der Waals surface area contributed by atoms with Crippen molar-refractivity contribution >= 4 is 23.2 Å². The van der Waals surface area contributed by atoms with E-state index < -0.39 is 0 Å². The highest BCUT2D eigenvalue weighted by atomic mass is 32.1. The first-order valence-corrected chi connectivity index (χ1v) is 8.21. The number of nitrogens with one attached hydrogen (secondary N) is 1. The summed E-state index contributed by atoms with van der Waals surface area (Å²) in [6, 6.07) is -0.294. The van der Waals surface area contributed by atoms with Crippen LogP contribution in [0.1, 0.15) is 27.5 Å². The average molecular weight is 308 g/mol. The Morgan fingerprint density at radius 1 is 1.33 bits per heavy atom. The maximum Gasteiger partial charge on any atom is 0.266 e. The molecule has 6 nitrogen and oxygen atoms in total. The van der Waals surface area contributed by atoms with Crippen molar-refractivity contribution in [1.82, 2.24) is 20.1 Å². The monoisotopic (exact) mass is 308 g/mol. The normalized spacial score (nSPS) is 22.6. The average Bonchev–Trinajstić information content (AvgIpc) is 3.15. The fourth-order valence-electron chi connectivity index (χ4n) is 2.96. The molecule has 1 aromatic rings. The van der Waals surface area contributed by atoms with Crippen molar-refractivity contribution in [2.75, 3.05) is 32.7 Å². The Hall–Kier alpha value is -1.47. The van der Waals surface area contributed by atoms with Gasteiger partial charge in [0.1, 0.15) is 10.9 Å². The van der Waals surface area contributed by atoms with Gasteiger partial charge < -0.3 is 15.1 Å². The van der Waals surface area contributed by atoms with Gasteiger partial charge in [0.05, 0.1) is 11.2 Å². The van der Waals surface area contributed by atoms with Crippen LogP contribution in [0.5, 0.6) is 0 Å². The van der Waals surface area contributed by atoms with Crippen LogP contribution in [0.15, 0.2) is 6.20 Å². The standard InChI is InChI=1S/C14H20N4O2S/c1-10-16-9-12(21-10)14(20)18-6-2-3-11(18)13(19)17-7-4-15-5-8-17/h9,11,15H,2-8H2,1H3. The van der Waals surface area contributed by atoms with Crippen molar-refractivity contribution in [2.45, 2.75) is 25.8 Å². The smallest absolute Gasteiger partial charge is 0.266 e. The highest BCUT2D eigenvalue weighted by molar-refractivity contribution is 7.13. The number of likely N-dealkylation sites (tertiary alicyclic amines) is 1. The van der Waals surface area contributed by atoms with E-state index in [0.717, 1.165) is 44.0 Å². The van der Waals surface area contributed by atoms with Crippen LogP contribution in [0.2, 0.25) is 0 Å². The molecule has 114 valence electrons. The molecule has 0 spiro atoms. The first-order chi connectivity index (χ1) is 10.2. The summed E-state index contributed by atoms with van der Waals surface area (Å²) >= 11 is 1.39. The van der Waals surface area contributed by atoms with Crippen LogP contribution >= 0.6 is 11.3 Å². The quantitative estimate of drug-likeness (QED) is 0.863. The summed E-state index contributed by atoms with van der Waals surface area (Å²) in [5, 5.41) is 4.12. The molecule has 2 amide bonds. The maximum absolute atomic E-state index is 12.6. The Balaban J connectivity index is 1.72. The zero-order valence-corrected chi connectivity index (χ0v) is 13.0. The molecule has 1 N–H and O–H groups in total. The van der Waals surface area contributed by atoms with Crippen LogP contribution in [0.25, 0.3) is 0 Å². The lowest BCUT2D eigenvalue weighted by Crippen LogP contribution is -2.53. The summed E-state index contributed by atoms with van der Waals surface area (Å²) in [5.41, 5.74) is 0. The molecule has 1 aromatic heterocycles. The van der Waals surface area contributed by atoms with Crippen molar-refractivity contribution in [2.24, 2.45) is 0 Å². The number of piperazine rings is 1. The van der Waals surface area contributed by atoms with Gasteiger partial charge in [-0.05, 0) is 19.8 Å². The van der Waals surface area contributed by atoms with E-state index in [1.165, 1.54) is 11.3 Å². The maximum atomic E-state index is 12.6. The third-order valence-corrected chi connectivity index (χ3v) is 4.96. The number of hydrogen-bond donors (Lipinski definition) is 1. The van der Waals surface area contributed by atoms with Crippen molar-refractivity contribution in [1.29, 1.82) is 0 Å². The molecule has 0 aliphatic carbocycles. The molecule has 0 saturated carbocycles. The van der Waals surface area contributed by atoms with Crippen molar-refractivity contribution in [3.63, 3.8) is 0 Å². The fraction of sp³-hybridized carbons (Fsp3) is 0.643. The van der Waals surface area contributed by atoms with E-state index in [-0.39, 0.29) is 17.9 Å². The highest BCUT2D eigenvalue weighted by Gasteiger charge is 2.37. The molecular weight excluding hydrogens is 288 g/mol.